The number of carbonyl (C=O) groups excluding carboxylic acids is 1. The molecule has 0 bridgehead atoms. The predicted octanol–water partition coefficient (Wildman–Crippen LogP) is 4.04. The number of hydrogen-bond acceptors (Lipinski definition) is 3. The Morgan fingerprint density at radius 2 is 2.00 bits per heavy atom. The summed E-state index contributed by atoms with van der Waals surface area (Å²) in [6, 6.07) is 7.55. The molecule has 1 aliphatic heterocycles. The van der Waals surface area contributed by atoms with E-state index in [1.807, 2.05) is 0 Å². The van der Waals surface area contributed by atoms with Crippen LogP contribution in [0.2, 0.25) is 10.0 Å². The molecular weight excluding hydrogens is 382 g/mol. The molecule has 2 aromatic rings. The first kappa shape index (κ1) is 18.8. The second-order valence-electron chi connectivity index (χ2n) is 5.76. The van der Waals surface area contributed by atoms with Gasteiger partial charge in [-0.15, -0.1) is 0 Å². The molecule has 0 unspecified atom stereocenters. The molecule has 0 aromatic heterocycles. The van der Waals surface area contributed by atoms with E-state index in [0.29, 0.717) is 46.5 Å². The van der Waals surface area contributed by atoms with Gasteiger partial charge in [-0.2, -0.15) is 0 Å². The number of rotatable bonds is 5. The number of benzene rings is 2. The summed E-state index contributed by atoms with van der Waals surface area (Å²) in [7, 11) is 0. The molecule has 0 saturated carbocycles. The minimum absolute atomic E-state index is 0.140. The van der Waals surface area contributed by atoms with E-state index in [9.17, 15) is 9.18 Å². The molecule has 0 radical (unpaired) electrons. The van der Waals surface area contributed by atoms with E-state index >= 15 is 0 Å². The van der Waals surface area contributed by atoms with Crippen molar-refractivity contribution in [3.8, 4) is 5.75 Å². The maximum Gasteiger partial charge on any atom is 0.315 e. The van der Waals surface area contributed by atoms with Gasteiger partial charge in [0.1, 0.15) is 11.6 Å². The van der Waals surface area contributed by atoms with Gasteiger partial charge in [0.05, 0.1) is 6.61 Å². The zero-order valence-corrected chi connectivity index (χ0v) is 15.3. The van der Waals surface area contributed by atoms with E-state index in [-0.39, 0.29) is 25.2 Å². The number of carbonyl (C=O) groups is 1. The average molecular weight is 399 g/mol. The molecule has 2 N–H and O–H groups in total. The molecule has 0 saturated heterocycles. The van der Waals surface area contributed by atoms with Crippen LogP contribution in [0.3, 0.4) is 0 Å². The standard InChI is InChI=1S/C18H17Cl2FN2O3/c19-14-2-1-12(16(20)7-14)8-23-18(24)22-4-3-11-5-15(21)6-13-9-25-10-26-17(11)13/h1-2,5-7H,3-4,8-10H2,(H2,22,23,24). The predicted molar refractivity (Wildman–Crippen MR) is 97.1 cm³/mol. The number of hydrogen-bond donors (Lipinski definition) is 2. The van der Waals surface area contributed by atoms with E-state index in [2.05, 4.69) is 10.6 Å². The van der Waals surface area contributed by atoms with Crippen molar-refractivity contribution in [2.75, 3.05) is 13.3 Å². The van der Waals surface area contributed by atoms with Gasteiger partial charge >= 0.3 is 6.03 Å². The molecule has 0 atom stereocenters. The molecule has 1 heterocycles. The quantitative estimate of drug-likeness (QED) is 0.798. The smallest absolute Gasteiger partial charge is 0.315 e. The molecule has 2 amide bonds. The summed E-state index contributed by atoms with van der Waals surface area (Å²) in [4.78, 5) is 11.9. The lowest BCUT2D eigenvalue weighted by atomic mass is 10.1. The summed E-state index contributed by atoms with van der Waals surface area (Å²) in [5, 5.41) is 6.47. The summed E-state index contributed by atoms with van der Waals surface area (Å²) >= 11 is 11.9. The van der Waals surface area contributed by atoms with Crippen molar-refractivity contribution in [2.24, 2.45) is 0 Å². The number of amides is 2. The number of nitrogens with one attached hydrogen (secondary N) is 2. The maximum atomic E-state index is 13.7. The molecule has 26 heavy (non-hydrogen) atoms. The van der Waals surface area contributed by atoms with Crippen LogP contribution in [-0.4, -0.2) is 19.4 Å². The van der Waals surface area contributed by atoms with Crippen molar-refractivity contribution < 1.29 is 18.7 Å². The van der Waals surface area contributed by atoms with E-state index in [4.69, 9.17) is 32.7 Å². The fourth-order valence-corrected chi connectivity index (χ4v) is 3.13. The second-order valence-corrected chi connectivity index (χ2v) is 6.60. The van der Waals surface area contributed by atoms with Gasteiger partial charge in [-0.1, -0.05) is 29.3 Å². The molecule has 138 valence electrons. The highest BCUT2D eigenvalue weighted by molar-refractivity contribution is 6.35. The third-order valence-electron chi connectivity index (χ3n) is 3.89. The van der Waals surface area contributed by atoms with Crippen LogP contribution in [0.4, 0.5) is 9.18 Å². The first-order valence-corrected chi connectivity index (χ1v) is 8.76. The third kappa shape index (κ3) is 4.78. The maximum absolute atomic E-state index is 13.7. The second kappa shape index (κ2) is 8.58. The number of urea groups is 1. The van der Waals surface area contributed by atoms with Crippen LogP contribution < -0.4 is 15.4 Å². The lowest BCUT2D eigenvalue weighted by Crippen LogP contribution is -2.36. The fourth-order valence-electron chi connectivity index (χ4n) is 2.66. The summed E-state index contributed by atoms with van der Waals surface area (Å²) in [5.74, 6) is 0.280. The Labute approximate surface area is 160 Å². The molecule has 5 nitrogen and oxygen atoms in total. The molecular formula is C18H17Cl2FN2O3. The van der Waals surface area contributed by atoms with E-state index in [1.165, 1.54) is 12.1 Å². The van der Waals surface area contributed by atoms with Crippen LogP contribution in [-0.2, 0) is 24.3 Å². The van der Waals surface area contributed by atoms with Crippen LogP contribution in [0.5, 0.6) is 5.75 Å². The summed E-state index contributed by atoms with van der Waals surface area (Å²) in [6.07, 6.45) is 0.440. The van der Waals surface area contributed by atoms with Gasteiger partial charge < -0.3 is 20.1 Å². The monoisotopic (exact) mass is 398 g/mol. The Kier molecular flexibility index (Phi) is 6.19. The van der Waals surface area contributed by atoms with Crippen LogP contribution in [0.15, 0.2) is 30.3 Å². The van der Waals surface area contributed by atoms with Crippen LogP contribution in [0, 0.1) is 5.82 Å². The Balaban J connectivity index is 1.50. The minimum atomic E-state index is -0.352. The Morgan fingerprint density at radius 1 is 1.15 bits per heavy atom. The molecule has 0 fully saturated rings. The average Bonchev–Trinajstić information content (AvgIpc) is 2.60. The molecule has 1 aliphatic rings. The summed E-state index contributed by atoms with van der Waals surface area (Å²) in [5.41, 5.74) is 2.14. The highest BCUT2D eigenvalue weighted by atomic mass is 35.5. The Hall–Kier alpha value is -2.02. The fraction of sp³-hybridized carbons (Fsp3) is 0.278. The van der Waals surface area contributed by atoms with Crippen LogP contribution in [0.25, 0.3) is 0 Å². The lowest BCUT2D eigenvalue weighted by Gasteiger charge is -2.21. The highest BCUT2D eigenvalue weighted by Gasteiger charge is 2.17. The van der Waals surface area contributed by atoms with Crippen molar-refractivity contribution in [3.05, 3.63) is 62.9 Å². The van der Waals surface area contributed by atoms with Crippen molar-refractivity contribution in [1.82, 2.24) is 10.6 Å². The van der Waals surface area contributed by atoms with Gasteiger partial charge in [-0.25, -0.2) is 9.18 Å². The molecule has 0 aliphatic carbocycles. The first-order valence-electron chi connectivity index (χ1n) is 8.00. The number of halogens is 3. The third-order valence-corrected chi connectivity index (χ3v) is 4.47. The van der Waals surface area contributed by atoms with Gasteiger partial charge in [-0.3, -0.25) is 0 Å². The Morgan fingerprint density at radius 3 is 2.81 bits per heavy atom. The summed E-state index contributed by atoms with van der Waals surface area (Å²) in [6.45, 7) is 1.06. The molecule has 2 aromatic carbocycles. The number of ether oxygens (including phenoxy) is 2. The normalized spacial score (nSPS) is 12.9. The number of fused-ring (bicyclic) bond motifs is 1. The lowest BCUT2D eigenvalue weighted by molar-refractivity contribution is -0.0172. The summed E-state index contributed by atoms with van der Waals surface area (Å²) < 4.78 is 24.3. The van der Waals surface area contributed by atoms with Crippen LogP contribution >= 0.6 is 23.2 Å². The largest absolute Gasteiger partial charge is 0.467 e. The van der Waals surface area contributed by atoms with E-state index in [1.54, 1.807) is 18.2 Å². The molecule has 3 rings (SSSR count). The van der Waals surface area contributed by atoms with Gasteiger partial charge in [0.15, 0.2) is 6.79 Å². The van der Waals surface area contributed by atoms with Crippen LogP contribution in [0.1, 0.15) is 16.7 Å². The minimum Gasteiger partial charge on any atom is -0.467 e. The van der Waals surface area contributed by atoms with E-state index in [0.717, 1.165) is 5.56 Å². The Bertz CT molecular complexity index is 817. The highest BCUT2D eigenvalue weighted by Crippen LogP contribution is 2.29. The topological polar surface area (TPSA) is 59.6 Å². The molecule has 8 heteroatoms. The first-order chi connectivity index (χ1) is 12.5. The van der Waals surface area contributed by atoms with Crippen molar-refractivity contribution >= 4 is 29.2 Å². The molecule has 0 spiro atoms. The van der Waals surface area contributed by atoms with Gasteiger partial charge in [-0.05, 0) is 41.8 Å². The van der Waals surface area contributed by atoms with Crippen molar-refractivity contribution in [1.29, 1.82) is 0 Å². The van der Waals surface area contributed by atoms with Gasteiger partial charge in [0.2, 0.25) is 0 Å². The zero-order valence-electron chi connectivity index (χ0n) is 13.8. The SMILES string of the molecule is O=C(NCCc1cc(F)cc2c1OCOC2)NCc1ccc(Cl)cc1Cl. The van der Waals surface area contributed by atoms with Gasteiger partial charge in [0.25, 0.3) is 0 Å². The van der Waals surface area contributed by atoms with Gasteiger partial charge in [0, 0.05) is 28.7 Å². The van der Waals surface area contributed by atoms with E-state index < -0.39 is 0 Å². The van der Waals surface area contributed by atoms with Crippen molar-refractivity contribution in [3.63, 3.8) is 0 Å². The zero-order chi connectivity index (χ0) is 18.5. The van der Waals surface area contributed by atoms with Crippen molar-refractivity contribution in [2.45, 2.75) is 19.6 Å².